The summed E-state index contributed by atoms with van der Waals surface area (Å²) in [7, 11) is 0. The van der Waals surface area contributed by atoms with Crippen LogP contribution in [0.3, 0.4) is 0 Å². The fraction of sp³-hybridized carbons (Fsp3) is 0. The van der Waals surface area contributed by atoms with Gasteiger partial charge >= 0.3 is 0 Å². The number of nitrogen functional groups attached to an aromatic ring is 1. The summed E-state index contributed by atoms with van der Waals surface area (Å²) in [6.07, 6.45) is 0. The van der Waals surface area contributed by atoms with Crippen LogP contribution in [0.1, 0.15) is 10.5 Å². The lowest BCUT2D eigenvalue weighted by Gasteiger charge is -1.95. The number of aromatic hydroxyl groups is 1. The number of carbonyl (C=O) groups excluding carboxylic acids is 1. The second-order valence-corrected chi connectivity index (χ2v) is 2.87. The van der Waals surface area contributed by atoms with Gasteiger partial charge in [-0.1, -0.05) is 12.1 Å². The predicted octanol–water partition coefficient (Wildman–Crippen LogP) is 0.477. The monoisotopic (exact) mass is 191 g/mol. The van der Waals surface area contributed by atoms with Crippen LogP contribution in [-0.2, 0) is 0 Å². The van der Waals surface area contributed by atoms with Crippen LogP contribution in [0, 0.1) is 0 Å². The third kappa shape index (κ3) is 1.11. The van der Waals surface area contributed by atoms with Crippen LogP contribution in [0.25, 0.3) is 10.9 Å². The minimum Gasteiger partial charge on any atom is -0.505 e. The fourth-order valence-electron chi connectivity index (χ4n) is 1.36. The first-order valence-corrected chi connectivity index (χ1v) is 4.04. The van der Waals surface area contributed by atoms with Gasteiger partial charge in [0.2, 0.25) is 0 Å². The van der Waals surface area contributed by atoms with Gasteiger partial charge in [-0.25, -0.2) is 5.84 Å². The molecule has 1 aromatic heterocycles. The Balaban J connectivity index is 2.68. The number of hydrogen-bond acceptors (Lipinski definition) is 3. The number of rotatable bonds is 1. The zero-order chi connectivity index (χ0) is 10.1. The summed E-state index contributed by atoms with van der Waals surface area (Å²) in [5.74, 6) is 4.34. The third-order valence-electron chi connectivity index (χ3n) is 2.04. The lowest BCUT2D eigenvalue weighted by molar-refractivity contribution is 0.0947. The topological polar surface area (TPSA) is 91.1 Å². The van der Waals surface area contributed by atoms with Crippen LogP contribution < -0.4 is 11.3 Å². The van der Waals surface area contributed by atoms with Crippen molar-refractivity contribution < 1.29 is 9.90 Å². The van der Waals surface area contributed by atoms with Crippen LogP contribution in [0.2, 0.25) is 0 Å². The molecule has 1 amide bonds. The van der Waals surface area contributed by atoms with Gasteiger partial charge in [-0.2, -0.15) is 0 Å². The van der Waals surface area contributed by atoms with Gasteiger partial charge in [-0.05, 0) is 12.1 Å². The Bertz CT molecular complexity index is 490. The quantitative estimate of drug-likeness (QED) is 0.300. The molecule has 72 valence electrons. The number of fused-ring (bicyclic) bond motifs is 1. The summed E-state index contributed by atoms with van der Waals surface area (Å²) in [4.78, 5) is 13.9. The highest BCUT2D eigenvalue weighted by atomic mass is 16.3. The molecule has 2 rings (SSSR count). The van der Waals surface area contributed by atoms with Crippen molar-refractivity contribution in [2.24, 2.45) is 5.84 Å². The number of aromatic amines is 1. The van der Waals surface area contributed by atoms with E-state index in [9.17, 15) is 9.90 Å². The molecule has 0 aliphatic carbocycles. The smallest absolute Gasteiger partial charge is 0.285 e. The molecule has 2 aromatic rings. The molecule has 0 bridgehead atoms. The molecule has 0 saturated carbocycles. The number of amides is 1. The fourth-order valence-corrected chi connectivity index (χ4v) is 1.36. The lowest BCUT2D eigenvalue weighted by atomic mass is 10.2. The van der Waals surface area contributed by atoms with E-state index < -0.39 is 5.91 Å². The van der Waals surface area contributed by atoms with Crippen molar-refractivity contribution in [1.82, 2.24) is 10.4 Å². The molecule has 0 spiro atoms. The maximum Gasteiger partial charge on any atom is 0.285 e. The van der Waals surface area contributed by atoms with Gasteiger partial charge in [-0.3, -0.25) is 10.2 Å². The molecule has 14 heavy (non-hydrogen) atoms. The van der Waals surface area contributed by atoms with Crippen molar-refractivity contribution in [2.45, 2.75) is 0 Å². The van der Waals surface area contributed by atoms with Crippen LogP contribution in [0.15, 0.2) is 24.3 Å². The normalized spacial score (nSPS) is 10.4. The molecule has 0 saturated heterocycles. The standard InChI is InChI=1S/C9H9N3O2/c10-12-9(14)7-8(13)5-3-1-2-4-6(5)11-7/h1-4,11,13H,10H2,(H,12,14). The van der Waals surface area contributed by atoms with E-state index in [2.05, 4.69) is 4.98 Å². The first-order chi connectivity index (χ1) is 6.74. The molecule has 5 heteroatoms. The minimum atomic E-state index is -0.543. The molecule has 0 aliphatic rings. The first-order valence-electron chi connectivity index (χ1n) is 4.04. The van der Waals surface area contributed by atoms with Gasteiger partial charge in [0.1, 0.15) is 5.69 Å². The highest BCUT2D eigenvalue weighted by Crippen LogP contribution is 2.27. The molecule has 0 radical (unpaired) electrons. The van der Waals surface area contributed by atoms with Crippen LogP contribution in [0.4, 0.5) is 0 Å². The molecule has 0 atom stereocenters. The Morgan fingerprint density at radius 1 is 1.43 bits per heavy atom. The Morgan fingerprint density at radius 2 is 2.14 bits per heavy atom. The van der Waals surface area contributed by atoms with E-state index in [1.54, 1.807) is 18.2 Å². The molecule has 1 aromatic carbocycles. The molecule has 0 aliphatic heterocycles. The Labute approximate surface area is 79.5 Å². The van der Waals surface area contributed by atoms with E-state index in [1.165, 1.54) is 0 Å². The maximum atomic E-state index is 11.2. The van der Waals surface area contributed by atoms with Crippen molar-refractivity contribution in [3.63, 3.8) is 0 Å². The molecule has 1 heterocycles. The number of H-pyrrole nitrogens is 1. The number of carbonyl (C=O) groups is 1. The average Bonchev–Trinajstić information content (AvgIpc) is 2.56. The Morgan fingerprint density at radius 3 is 2.79 bits per heavy atom. The summed E-state index contributed by atoms with van der Waals surface area (Å²) in [6.45, 7) is 0. The Kier molecular flexibility index (Phi) is 1.86. The van der Waals surface area contributed by atoms with E-state index in [0.717, 1.165) is 0 Å². The van der Waals surface area contributed by atoms with E-state index in [-0.39, 0.29) is 11.4 Å². The number of nitrogens with one attached hydrogen (secondary N) is 2. The van der Waals surface area contributed by atoms with Gasteiger partial charge in [0, 0.05) is 10.9 Å². The average molecular weight is 191 g/mol. The Hall–Kier alpha value is -2.01. The zero-order valence-corrected chi connectivity index (χ0v) is 7.24. The van der Waals surface area contributed by atoms with Crippen molar-refractivity contribution in [1.29, 1.82) is 0 Å². The van der Waals surface area contributed by atoms with Crippen molar-refractivity contribution >= 4 is 16.8 Å². The number of para-hydroxylation sites is 1. The summed E-state index contributed by atoms with van der Waals surface area (Å²) < 4.78 is 0. The van der Waals surface area contributed by atoms with Crippen molar-refractivity contribution in [2.75, 3.05) is 0 Å². The minimum absolute atomic E-state index is 0.0775. The highest BCUT2D eigenvalue weighted by molar-refractivity contribution is 6.02. The summed E-state index contributed by atoms with van der Waals surface area (Å²) >= 11 is 0. The predicted molar refractivity (Wildman–Crippen MR) is 51.6 cm³/mol. The molecule has 5 N–H and O–H groups in total. The highest BCUT2D eigenvalue weighted by Gasteiger charge is 2.15. The molecule has 0 unspecified atom stereocenters. The van der Waals surface area contributed by atoms with E-state index in [1.807, 2.05) is 11.5 Å². The number of nitrogens with two attached hydrogens (primary N) is 1. The van der Waals surface area contributed by atoms with Crippen LogP contribution in [-0.4, -0.2) is 16.0 Å². The lowest BCUT2D eigenvalue weighted by Crippen LogP contribution is -2.30. The summed E-state index contributed by atoms with van der Waals surface area (Å²) in [5.41, 5.74) is 2.73. The van der Waals surface area contributed by atoms with Gasteiger partial charge in [0.15, 0.2) is 5.75 Å². The van der Waals surface area contributed by atoms with E-state index in [0.29, 0.717) is 10.9 Å². The number of benzene rings is 1. The second-order valence-electron chi connectivity index (χ2n) is 2.87. The van der Waals surface area contributed by atoms with E-state index >= 15 is 0 Å². The summed E-state index contributed by atoms with van der Waals surface area (Å²) in [5, 5.41) is 10.2. The van der Waals surface area contributed by atoms with Crippen molar-refractivity contribution in [3.05, 3.63) is 30.0 Å². The second kappa shape index (κ2) is 3.04. The SMILES string of the molecule is NNC(=O)c1[nH]c2ccccc2c1O. The molecular formula is C9H9N3O2. The van der Waals surface area contributed by atoms with E-state index in [4.69, 9.17) is 5.84 Å². The van der Waals surface area contributed by atoms with Gasteiger partial charge in [0.05, 0.1) is 0 Å². The molecule has 0 fully saturated rings. The molecule has 5 nitrogen and oxygen atoms in total. The third-order valence-corrected chi connectivity index (χ3v) is 2.04. The van der Waals surface area contributed by atoms with Crippen LogP contribution in [0.5, 0.6) is 5.75 Å². The maximum absolute atomic E-state index is 11.2. The summed E-state index contributed by atoms with van der Waals surface area (Å²) in [6, 6.07) is 7.07. The largest absolute Gasteiger partial charge is 0.505 e. The zero-order valence-electron chi connectivity index (χ0n) is 7.24. The number of aromatic nitrogens is 1. The molecular weight excluding hydrogens is 182 g/mol. The van der Waals surface area contributed by atoms with Crippen LogP contribution >= 0.6 is 0 Å². The van der Waals surface area contributed by atoms with Gasteiger partial charge in [0.25, 0.3) is 5.91 Å². The number of hydrogen-bond donors (Lipinski definition) is 4. The first kappa shape index (κ1) is 8.58. The van der Waals surface area contributed by atoms with Gasteiger partial charge < -0.3 is 10.1 Å². The van der Waals surface area contributed by atoms with Gasteiger partial charge in [-0.15, -0.1) is 0 Å². The van der Waals surface area contributed by atoms with Crippen molar-refractivity contribution in [3.8, 4) is 5.75 Å². The number of hydrazine groups is 1.